The summed E-state index contributed by atoms with van der Waals surface area (Å²) in [4.78, 5) is 0. The minimum absolute atomic E-state index is 0.00749. The Morgan fingerprint density at radius 1 is 0.569 bits per heavy atom. The zero-order valence-corrected chi connectivity index (χ0v) is 28.4. The van der Waals surface area contributed by atoms with Gasteiger partial charge in [0.25, 0.3) is 0 Å². The van der Waals surface area contributed by atoms with Crippen LogP contribution in [0.25, 0.3) is 12.2 Å². The molecular formula is C34H46O17. The molecule has 2 heterocycles. The maximum absolute atomic E-state index is 10.6. The van der Waals surface area contributed by atoms with Crippen molar-refractivity contribution < 1.29 is 83.9 Å². The van der Waals surface area contributed by atoms with Gasteiger partial charge in [-0.05, 0) is 35.7 Å². The summed E-state index contributed by atoms with van der Waals surface area (Å²) in [5.41, 5.74) is 1.69. The number of allylic oxidation sites excluding steroid dienone is 1. The van der Waals surface area contributed by atoms with Crippen molar-refractivity contribution in [2.75, 3.05) is 48.3 Å². The molecule has 10 atom stereocenters. The van der Waals surface area contributed by atoms with Gasteiger partial charge in [0.2, 0.25) is 24.1 Å². The minimum atomic E-state index is -1.70. The summed E-state index contributed by atoms with van der Waals surface area (Å²) in [5.74, 6) is 0.645. The molecule has 51 heavy (non-hydrogen) atoms. The number of methoxy groups -OCH3 is 4. The lowest BCUT2D eigenvalue weighted by Gasteiger charge is -2.39. The van der Waals surface area contributed by atoms with E-state index in [1.165, 1.54) is 34.5 Å². The van der Waals surface area contributed by atoms with Gasteiger partial charge in [-0.25, -0.2) is 0 Å². The third-order valence-electron chi connectivity index (χ3n) is 8.45. The number of ether oxygens (including phenoxy) is 8. The molecule has 0 spiro atoms. The first-order valence-corrected chi connectivity index (χ1v) is 15.9. The Kier molecular flexibility index (Phi) is 14.3. The van der Waals surface area contributed by atoms with Crippen LogP contribution in [0.1, 0.15) is 16.7 Å². The average Bonchev–Trinajstić information content (AvgIpc) is 3.14. The van der Waals surface area contributed by atoms with Gasteiger partial charge >= 0.3 is 0 Å². The number of benzene rings is 2. The van der Waals surface area contributed by atoms with Gasteiger partial charge in [-0.1, -0.05) is 24.3 Å². The minimum Gasteiger partial charge on any atom is -0.493 e. The van der Waals surface area contributed by atoms with Crippen LogP contribution in [0.3, 0.4) is 0 Å². The molecule has 2 aliphatic heterocycles. The first-order valence-electron chi connectivity index (χ1n) is 15.9. The highest BCUT2D eigenvalue weighted by Gasteiger charge is 2.46. The Balaban J connectivity index is 1.67. The van der Waals surface area contributed by atoms with Gasteiger partial charge in [-0.2, -0.15) is 0 Å². The fourth-order valence-electron chi connectivity index (χ4n) is 5.68. The van der Waals surface area contributed by atoms with Crippen molar-refractivity contribution in [2.45, 2.75) is 67.8 Å². The third kappa shape index (κ3) is 8.67. The monoisotopic (exact) mass is 726 g/mol. The number of rotatable bonds is 15. The molecule has 0 unspecified atom stereocenters. The maximum Gasteiger partial charge on any atom is 0.229 e. The summed E-state index contributed by atoms with van der Waals surface area (Å²) in [6, 6.07) is 4.81. The maximum atomic E-state index is 10.6. The lowest BCUT2D eigenvalue weighted by atomic mass is 9.98. The largest absolute Gasteiger partial charge is 0.493 e. The average molecular weight is 727 g/mol. The van der Waals surface area contributed by atoms with Crippen LogP contribution in [-0.4, -0.2) is 156 Å². The zero-order valence-electron chi connectivity index (χ0n) is 28.4. The fraction of sp³-hybridized carbons (Fsp3) is 0.529. The van der Waals surface area contributed by atoms with E-state index in [0.717, 1.165) is 0 Å². The highest BCUT2D eigenvalue weighted by Crippen LogP contribution is 2.45. The van der Waals surface area contributed by atoms with E-state index in [1.54, 1.807) is 36.4 Å². The van der Waals surface area contributed by atoms with Gasteiger partial charge in [0.15, 0.2) is 23.0 Å². The van der Waals surface area contributed by atoms with E-state index in [4.69, 9.17) is 37.9 Å². The molecule has 17 heteroatoms. The molecular weight excluding hydrogens is 680 g/mol. The Labute approximate surface area is 293 Å². The van der Waals surface area contributed by atoms with E-state index in [9.17, 15) is 46.0 Å². The lowest BCUT2D eigenvalue weighted by molar-refractivity contribution is -0.277. The molecule has 0 aromatic heterocycles. The van der Waals surface area contributed by atoms with Gasteiger partial charge in [0.05, 0.1) is 48.3 Å². The summed E-state index contributed by atoms with van der Waals surface area (Å²) >= 11 is 0. The molecule has 9 N–H and O–H groups in total. The predicted octanol–water partition coefficient (Wildman–Crippen LogP) is -1.66. The molecule has 17 nitrogen and oxygen atoms in total. The van der Waals surface area contributed by atoms with Gasteiger partial charge in [0, 0.05) is 5.56 Å². The van der Waals surface area contributed by atoms with Crippen molar-refractivity contribution >= 4 is 12.2 Å². The molecule has 2 fully saturated rings. The molecule has 0 saturated carbocycles. The highest BCUT2D eigenvalue weighted by molar-refractivity contribution is 5.69. The van der Waals surface area contributed by atoms with Crippen LogP contribution in [0.2, 0.25) is 0 Å². The van der Waals surface area contributed by atoms with Crippen molar-refractivity contribution in [3.05, 3.63) is 47.0 Å². The second kappa shape index (κ2) is 18.2. The topological polar surface area (TPSA) is 256 Å². The van der Waals surface area contributed by atoms with Crippen molar-refractivity contribution in [3.8, 4) is 34.5 Å². The highest BCUT2D eigenvalue weighted by atomic mass is 16.7. The summed E-state index contributed by atoms with van der Waals surface area (Å²) in [6.45, 7) is -1.56. The van der Waals surface area contributed by atoms with Crippen LogP contribution < -0.4 is 28.4 Å². The van der Waals surface area contributed by atoms with E-state index >= 15 is 0 Å². The molecule has 0 amide bonds. The van der Waals surface area contributed by atoms with E-state index in [2.05, 4.69) is 0 Å². The second-order valence-corrected chi connectivity index (χ2v) is 11.6. The van der Waals surface area contributed by atoms with Gasteiger partial charge in [0.1, 0.15) is 48.8 Å². The summed E-state index contributed by atoms with van der Waals surface area (Å²) in [5, 5.41) is 90.6. The number of hydrogen-bond donors (Lipinski definition) is 9. The van der Waals surface area contributed by atoms with Gasteiger partial charge in [-0.3, -0.25) is 0 Å². The Morgan fingerprint density at radius 3 is 1.51 bits per heavy atom. The smallest absolute Gasteiger partial charge is 0.229 e. The number of aliphatic hydroxyl groups excluding tert-OH is 9. The molecule has 0 radical (unpaired) electrons. The van der Waals surface area contributed by atoms with E-state index < -0.39 is 74.6 Å². The molecule has 0 bridgehead atoms. The Bertz CT molecular complexity index is 1470. The van der Waals surface area contributed by atoms with Crippen LogP contribution in [0.5, 0.6) is 34.5 Å². The summed E-state index contributed by atoms with van der Waals surface area (Å²) < 4.78 is 45.2. The SMILES string of the molecule is COc1cc(/C=C/Cc2c(/C=C/CO)cc(OC)c(O[C@@H]3O[C@H](CO)[C@@H](O)[C@H](O)[C@H]3O)c2OC)cc(OC)c1O[C@@H]1O[C@H](CO)[C@@H](O)[C@H](O)[C@H]1O. The quantitative estimate of drug-likeness (QED) is 0.0995. The third-order valence-corrected chi connectivity index (χ3v) is 8.45. The fourth-order valence-corrected chi connectivity index (χ4v) is 5.68. The van der Waals surface area contributed by atoms with Crippen LogP contribution >= 0.6 is 0 Å². The zero-order chi connectivity index (χ0) is 37.4. The summed E-state index contributed by atoms with van der Waals surface area (Å²) in [6.07, 6.45) is -8.47. The predicted molar refractivity (Wildman–Crippen MR) is 177 cm³/mol. The molecule has 4 rings (SSSR count). The lowest BCUT2D eigenvalue weighted by Crippen LogP contribution is -2.60. The molecule has 2 aliphatic rings. The molecule has 0 aliphatic carbocycles. The van der Waals surface area contributed by atoms with E-state index in [1.807, 2.05) is 0 Å². The van der Waals surface area contributed by atoms with Crippen LogP contribution in [-0.2, 0) is 15.9 Å². The normalized spacial score (nSPS) is 29.7. The van der Waals surface area contributed by atoms with Gasteiger partial charge in [-0.15, -0.1) is 0 Å². The first-order chi connectivity index (χ1) is 24.5. The second-order valence-electron chi connectivity index (χ2n) is 11.6. The molecule has 2 saturated heterocycles. The van der Waals surface area contributed by atoms with Crippen molar-refractivity contribution in [2.24, 2.45) is 0 Å². The Morgan fingerprint density at radius 2 is 1.06 bits per heavy atom. The standard InChI is InChI=1S/C34H46O17/c1-44-19-11-16(12-20(45-2)31(19)50-33-28(42)26(40)24(38)22(14-36)48-33)7-5-9-18-17(8-6-10-35)13-21(46-3)32(30(18)47-4)51-34-29(43)27(41)25(39)23(15-37)49-34/h5-8,11-13,22-29,33-43H,9-10,14-15H2,1-4H3/b7-5+,8-6+/t22-,23-,24-,25-,26+,27+,28-,29-,33+,34+/m1/s1. The first kappa shape index (κ1) is 40.1. The van der Waals surface area contributed by atoms with Crippen LogP contribution in [0.4, 0.5) is 0 Å². The molecule has 2 aromatic rings. The van der Waals surface area contributed by atoms with Crippen molar-refractivity contribution in [1.82, 2.24) is 0 Å². The van der Waals surface area contributed by atoms with Crippen molar-refractivity contribution in [1.29, 1.82) is 0 Å². The van der Waals surface area contributed by atoms with Crippen LogP contribution in [0.15, 0.2) is 30.4 Å². The van der Waals surface area contributed by atoms with E-state index in [-0.39, 0.29) is 47.5 Å². The van der Waals surface area contributed by atoms with Gasteiger partial charge < -0.3 is 83.9 Å². The number of aliphatic hydroxyl groups is 9. The molecule has 2 aromatic carbocycles. The van der Waals surface area contributed by atoms with Crippen LogP contribution in [0, 0.1) is 0 Å². The number of hydrogen-bond acceptors (Lipinski definition) is 17. The van der Waals surface area contributed by atoms with Crippen molar-refractivity contribution in [3.63, 3.8) is 0 Å². The Hall–Kier alpha value is -3.72. The summed E-state index contributed by atoms with van der Waals surface area (Å²) in [7, 11) is 5.51. The van der Waals surface area contributed by atoms with E-state index in [0.29, 0.717) is 16.7 Å². The molecule has 284 valence electrons.